The van der Waals surface area contributed by atoms with Crippen LogP contribution < -0.4 is 5.32 Å². The maximum atomic E-state index is 12.2. The number of amides is 1. The molecular weight excluding hydrogens is 314 g/mol. The van der Waals surface area contributed by atoms with Gasteiger partial charge in [0.25, 0.3) is 5.91 Å². The van der Waals surface area contributed by atoms with E-state index in [1.165, 1.54) is 10.9 Å². The first kappa shape index (κ1) is 14.9. The third-order valence-corrected chi connectivity index (χ3v) is 3.12. The second-order valence-electron chi connectivity index (χ2n) is 4.62. The molecule has 2 aromatic heterocycles. The molecule has 0 aliphatic carbocycles. The van der Waals surface area contributed by atoms with Gasteiger partial charge in [-0.3, -0.25) is 4.79 Å². The molecule has 0 radical (unpaired) electrons. The first-order valence-corrected chi connectivity index (χ1v) is 6.65. The first-order chi connectivity index (χ1) is 11.6. The molecular formula is C14H9N7O3. The highest BCUT2D eigenvalue weighted by Crippen LogP contribution is 2.20. The predicted molar refractivity (Wildman–Crippen MR) is 81.5 cm³/mol. The Labute approximate surface area is 134 Å². The van der Waals surface area contributed by atoms with Crippen LogP contribution in [0.4, 0.5) is 11.6 Å². The van der Waals surface area contributed by atoms with Crippen molar-refractivity contribution in [1.82, 2.24) is 20.0 Å². The molecule has 0 fully saturated rings. The number of carbonyl (C=O) groups excluding carboxylic acids is 1. The van der Waals surface area contributed by atoms with Crippen molar-refractivity contribution in [2.24, 2.45) is 0 Å². The van der Waals surface area contributed by atoms with Crippen molar-refractivity contribution in [1.29, 1.82) is 5.26 Å². The second kappa shape index (κ2) is 6.01. The Morgan fingerprint density at radius 2 is 2.12 bits per heavy atom. The molecule has 0 spiro atoms. The summed E-state index contributed by atoms with van der Waals surface area (Å²) in [5.74, 6) is -0.954. The van der Waals surface area contributed by atoms with Crippen LogP contribution in [0.1, 0.15) is 16.1 Å². The van der Waals surface area contributed by atoms with Gasteiger partial charge in [0, 0.05) is 0 Å². The molecule has 2 heterocycles. The zero-order valence-corrected chi connectivity index (χ0v) is 12.0. The van der Waals surface area contributed by atoms with Crippen LogP contribution in [-0.4, -0.2) is 30.8 Å². The number of hydrogen-bond donors (Lipinski definition) is 2. The summed E-state index contributed by atoms with van der Waals surface area (Å²) in [6.07, 6.45) is 1.32. The van der Waals surface area contributed by atoms with E-state index in [0.29, 0.717) is 5.69 Å². The lowest BCUT2D eigenvalue weighted by molar-refractivity contribution is -0.389. The topological polar surface area (TPSA) is 143 Å². The lowest BCUT2D eigenvalue weighted by Crippen LogP contribution is -2.16. The Hall–Kier alpha value is -4.00. The van der Waals surface area contributed by atoms with Gasteiger partial charge in [-0.1, -0.05) is 23.3 Å². The summed E-state index contributed by atoms with van der Waals surface area (Å²) in [5, 5.41) is 32.1. The molecule has 0 aliphatic heterocycles. The summed E-state index contributed by atoms with van der Waals surface area (Å²) in [4.78, 5) is 22.2. The maximum Gasteiger partial charge on any atom is 0.343 e. The minimum Gasteiger partial charge on any atom is -0.358 e. The van der Waals surface area contributed by atoms with Crippen molar-refractivity contribution in [2.75, 3.05) is 5.32 Å². The molecule has 3 rings (SSSR count). The van der Waals surface area contributed by atoms with Gasteiger partial charge in [-0.2, -0.15) is 10.4 Å². The summed E-state index contributed by atoms with van der Waals surface area (Å²) >= 11 is 0. The Bertz CT molecular complexity index is 952. The number of anilines is 1. The minimum atomic E-state index is -0.700. The fourth-order valence-electron chi connectivity index (χ4n) is 2.01. The SMILES string of the molecule is N#Cc1cnn(-c2ccccc2)c1NC(=O)c1cc([N+](=O)[O-])[nH]n1. The highest BCUT2D eigenvalue weighted by molar-refractivity contribution is 6.03. The summed E-state index contributed by atoms with van der Waals surface area (Å²) < 4.78 is 1.39. The van der Waals surface area contributed by atoms with Crippen molar-refractivity contribution in [3.8, 4) is 11.8 Å². The van der Waals surface area contributed by atoms with Gasteiger partial charge in [0.2, 0.25) is 0 Å². The number of nitrogens with one attached hydrogen (secondary N) is 2. The van der Waals surface area contributed by atoms with E-state index in [1.54, 1.807) is 24.3 Å². The molecule has 2 N–H and O–H groups in total. The number of nitro groups is 1. The molecule has 0 saturated heterocycles. The van der Waals surface area contributed by atoms with Gasteiger partial charge in [-0.15, -0.1) is 5.10 Å². The quantitative estimate of drug-likeness (QED) is 0.551. The molecule has 0 aliphatic rings. The van der Waals surface area contributed by atoms with E-state index < -0.39 is 16.6 Å². The van der Waals surface area contributed by atoms with E-state index in [-0.39, 0.29) is 17.1 Å². The molecule has 0 unspecified atom stereocenters. The first-order valence-electron chi connectivity index (χ1n) is 6.65. The molecule has 10 nitrogen and oxygen atoms in total. The van der Waals surface area contributed by atoms with Crippen LogP contribution in [0.3, 0.4) is 0 Å². The van der Waals surface area contributed by atoms with Crippen LogP contribution in [0, 0.1) is 21.4 Å². The highest BCUT2D eigenvalue weighted by Gasteiger charge is 2.20. The second-order valence-corrected chi connectivity index (χ2v) is 4.62. The average molecular weight is 323 g/mol. The zero-order valence-electron chi connectivity index (χ0n) is 12.0. The molecule has 1 aromatic carbocycles. The Morgan fingerprint density at radius 1 is 1.38 bits per heavy atom. The van der Waals surface area contributed by atoms with E-state index >= 15 is 0 Å². The number of aromatic amines is 1. The average Bonchev–Trinajstić information content (AvgIpc) is 3.22. The van der Waals surface area contributed by atoms with Crippen LogP contribution in [0.25, 0.3) is 5.69 Å². The van der Waals surface area contributed by atoms with Crippen LogP contribution in [0.5, 0.6) is 0 Å². The fraction of sp³-hybridized carbons (Fsp3) is 0. The number of aromatic nitrogens is 4. The van der Waals surface area contributed by atoms with Crippen molar-refractivity contribution < 1.29 is 9.72 Å². The number of carbonyl (C=O) groups is 1. The van der Waals surface area contributed by atoms with Crippen molar-refractivity contribution >= 4 is 17.5 Å². The van der Waals surface area contributed by atoms with Crippen LogP contribution in [0.15, 0.2) is 42.6 Å². The minimum absolute atomic E-state index is 0.150. The van der Waals surface area contributed by atoms with Crippen molar-refractivity contribution in [2.45, 2.75) is 0 Å². The standard InChI is InChI=1S/C14H9N7O3/c15-7-9-8-16-20(10-4-2-1-3-5-10)13(9)17-14(22)11-6-12(19-18-11)21(23)24/h1-6,8H,(H,17,22)(H,18,19). The molecule has 118 valence electrons. The number of benzene rings is 1. The zero-order chi connectivity index (χ0) is 17.1. The van der Waals surface area contributed by atoms with Gasteiger partial charge < -0.3 is 15.4 Å². The monoisotopic (exact) mass is 323 g/mol. The normalized spacial score (nSPS) is 10.1. The van der Waals surface area contributed by atoms with Crippen LogP contribution >= 0.6 is 0 Å². The van der Waals surface area contributed by atoms with E-state index in [1.807, 2.05) is 12.1 Å². The number of nitrogens with zero attached hydrogens (tertiary/aromatic N) is 5. The molecule has 24 heavy (non-hydrogen) atoms. The predicted octanol–water partition coefficient (Wildman–Crippen LogP) is 1.63. The number of nitriles is 1. The van der Waals surface area contributed by atoms with Crippen molar-refractivity contribution in [3.05, 3.63) is 64.0 Å². The number of para-hydroxylation sites is 1. The van der Waals surface area contributed by atoms with E-state index in [2.05, 4.69) is 20.6 Å². The molecule has 1 amide bonds. The molecule has 0 saturated carbocycles. The van der Waals surface area contributed by atoms with Gasteiger partial charge in [-0.05, 0) is 17.1 Å². The Kier molecular flexibility index (Phi) is 3.74. The summed E-state index contributed by atoms with van der Waals surface area (Å²) in [7, 11) is 0. The Balaban J connectivity index is 1.94. The highest BCUT2D eigenvalue weighted by atomic mass is 16.6. The van der Waals surface area contributed by atoms with Crippen LogP contribution in [-0.2, 0) is 0 Å². The van der Waals surface area contributed by atoms with Gasteiger partial charge in [-0.25, -0.2) is 4.68 Å². The molecule has 0 bridgehead atoms. The molecule has 3 aromatic rings. The summed E-state index contributed by atoms with van der Waals surface area (Å²) in [6.45, 7) is 0. The summed E-state index contributed by atoms with van der Waals surface area (Å²) in [5.41, 5.74) is 0.617. The molecule has 10 heteroatoms. The van der Waals surface area contributed by atoms with Crippen LogP contribution in [0.2, 0.25) is 0 Å². The van der Waals surface area contributed by atoms with E-state index in [4.69, 9.17) is 0 Å². The maximum absolute atomic E-state index is 12.2. The summed E-state index contributed by atoms with van der Waals surface area (Å²) in [6, 6.07) is 11.8. The van der Waals surface area contributed by atoms with E-state index in [0.717, 1.165) is 6.07 Å². The number of hydrogen-bond acceptors (Lipinski definition) is 6. The third kappa shape index (κ3) is 2.69. The van der Waals surface area contributed by atoms with Gasteiger partial charge >= 0.3 is 5.82 Å². The lowest BCUT2D eigenvalue weighted by atomic mass is 10.3. The largest absolute Gasteiger partial charge is 0.358 e. The van der Waals surface area contributed by atoms with Gasteiger partial charge in [0.15, 0.2) is 11.5 Å². The number of rotatable bonds is 4. The fourth-order valence-corrected chi connectivity index (χ4v) is 2.01. The van der Waals surface area contributed by atoms with Crippen molar-refractivity contribution in [3.63, 3.8) is 0 Å². The van der Waals surface area contributed by atoms with Gasteiger partial charge in [0.1, 0.15) is 11.6 Å². The van der Waals surface area contributed by atoms with E-state index in [9.17, 15) is 20.2 Å². The Morgan fingerprint density at radius 3 is 2.75 bits per heavy atom. The third-order valence-electron chi connectivity index (χ3n) is 3.12. The number of H-pyrrole nitrogens is 1. The smallest absolute Gasteiger partial charge is 0.343 e. The molecule has 0 atom stereocenters. The van der Waals surface area contributed by atoms with Gasteiger partial charge in [0.05, 0.1) is 18.0 Å². The lowest BCUT2D eigenvalue weighted by Gasteiger charge is -2.08.